The molecule has 1 aliphatic heterocycles. The predicted molar refractivity (Wildman–Crippen MR) is 82.7 cm³/mol. The van der Waals surface area contributed by atoms with Crippen molar-refractivity contribution in [3.63, 3.8) is 0 Å². The molecule has 0 saturated carbocycles. The molecule has 3 rings (SSSR count). The Balaban J connectivity index is 1.70. The molecular weight excluding hydrogens is 311 g/mol. The second-order valence-electron chi connectivity index (χ2n) is 4.92. The maximum absolute atomic E-state index is 13.8. The SMILES string of the molecule is OC(Cc1ccc(Cl)cc1F)C1CSc2ccccc2O1. The van der Waals surface area contributed by atoms with Crippen LogP contribution in [-0.2, 0) is 6.42 Å². The van der Waals surface area contributed by atoms with Crippen molar-refractivity contribution in [2.24, 2.45) is 0 Å². The van der Waals surface area contributed by atoms with Gasteiger partial charge in [0.15, 0.2) is 0 Å². The number of fused-ring (bicyclic) bond motifs is 1. The van der Waals surface area contributed by atoms with Gasteiger partial charge in [0.2, 0.25) is 0 Å². The van der Waals surface area contributed by atoms with E-state index in [4.69, 9.17) is 16.3 Å². The molecule has 5 heteroatoms. The zero-order valence-corrected chi connectivity index (χ0v) is 12.7. The molecule has 1 aliphatic rings. The van der Waals surface area contributed by atoms with Crippen molar-refractivity contribution < 1.29 is 14.2 Å². The first-order chi connectivity index (χ1) is 10.1. The third kappa shape index (κ3) is 3.34. The molecule has 110 valence electrons. The fraction of sp³-hybridized carbons (Fsp3) is 0.250. The summed E-state index contributed by atoms with van der Waals surface area (Å²) in [7, 11) is 0. The zero-order chi connectivity index (χ0) is 14.8. The van der Waals surface area contributed by atoms with Crippen LogP contribution in [-0.4, -0.2) is 23.1 Å². The average Bonchev–Trinajstić information content (AvgIpc) is 2.49. The van der Waals surface area contributed by atoms with Gasteiger partial charge in [-0.1, -0.05) is 29.8 Å². The molecule has 2 aromatic carbocycles. The number of rotatable bonds is 3. The van der Waals surface area contributed by atoms with E-state index in [2.05, 4.69) is 0 Å². The van der Waals surface area contributed by atoms with Crippen molar-refractivity contribution in [1.29, 1.82) is 0 Å². The molecule has 0 amide bonds. The number of ether oxygens (including phenoxy) is 1. The highest BCUT2D eigenvalue weighted by molar-refractivity contribution is 7.99. The minimum Gasteiger partial charge on any atom is -0.486 e. The number of hydrogen-bond donors (Lipinski definition) is 1. The predicted octanol–water partition coefficient (Wildman–Crippen LogP) is 3.94. The van der Waals surface area contributed by atoms with Crippen LogP contribution >= 0.6 is 23.4 Å². The maximum Gasteiger partial charge on any atom is 0.134 e. The molecular formula is C16H14ClFO2S. The van der Waals surface area contributed by atoms with Gasteiger partial charge in [0.1, 0.15) is 17.7 Å². The summed E-state index contributed by atoms with van der Waals surface area (Å²) in [6.07, 6.45) is -0.905. The Bertz CT molecular complexity index is 650. The summed E-state index contributed by atoms with van der Waals surface area (Å²) in [4.78, 5) is 1.07. The Morgan fingerprint density at radius 3 is 2.95 bits per heavy atom. The van der Waals surface area contributed by atoms with Gasteiger partial charge in [-0.2, -0.15) is 0 Å². The van der Waals surface area contributed by atoms with Crippen molar-refractivity contribution in [3.8, 4) is 5.75 Å². The summed E-state index contributed by atoms with van der Waals surface area (Å²) in [5.41, 5.74) is 0.444. The van der Waals surface area contributed by atoms with Crippen molar-refractivity contribution in [3.05, 3.63) is 58.9 Å². The molecule has 2 unspecified atom stereocenters. The summed E-state index contributed by atoms with van der Waals surface area (Å²) >= 11 is 7.37. The monoisotopic (exact) mass is 324 g/mol. The Morgan fingerprint density at radius 1 is 1.33 bits per heavy atom. The van der Waals surface area contributed by atoms with Crippen molar-refractivity contribution in [2.75, 3.05) is 5.75 Å². The summed E-state index contributed by atoms with van der Waals surface area (Å²) in [5, 5.41) is 10.7. The lowest BCUT2D eigenvalue weighted by Gasteiger charge is -2.29. The number of benzene rings is 2. The second kappa shape index (κ2) is 6.26. The number of aliphatic hydroxyl groups excluding tert-OH is 1. The summed E-state index contributed by atoms with van der Waals surface area (Å²) in [5.74, 6) is 1.02. The maximum atomic E-state index is 13.8. The lowest BCUT2D eigenvalue weighted by molar-refractivity contribution is 0.0463. The molecule has 0 aromatic heterocycles. The van der Waals surface area contributed by atoms with Crippen LogP contribution in [0.5, 0.6) is 5.75 Å². The van der Waals surface area contributed by atoms with E-state index in [9.17, 15) is 9.50 Å². The normalized spacial score (nSPS) is 18.7. The number of para-hydroxylation sites is 1. The molecule has 2 atom stereocenters. The molecule has 0 fully saturated rings. The van der Waals surface area contributed by atoms with Gasteiger partial charge < -0.3 is 9.84 Å². The fourth-order valence-electron chi connectivity index (χ4n) is 2.27. The van der Waals surface area contributed by atoms with Crippen LogP contribution in [0.3, 0.4) is 0 Å². The molecule has 0 saturated heterocycles. The topological polar surface area (TPSA) is 29.5 Å². The van der Waals surface area contributed by atoms with Crippen LogP contribution in [0.25, 0.3) is 0 Å². The van der Waals surface area contributed by atoms with E-state index in [0.29, 0.717) is 16.3 Å². The largest absolute Gasteiger partial charge is 0.486 e. The van der Waals surface area contributed by atoms with Gasteiger partial charge in [-0.3, -0.25) is 0 Å². The van der Waals surface area contributed by atoms with Crippen LogP contribution in [0.4, 0.5) is 4.39 Å². The van der Waals surface area contributed by atoms with E-state index in [1.807, 2.05) is 24.3 Å². The Kier molecular flexibility index (Phi) is 4.38. The van der Waals surface area contributed by atoms with E-state index in [1.165, 1.54) is 6.07 Å². The Hall–Kier alpha value is -1.23. The molecule has 1 N–H and O–H groups in total. The number of thioether (sulfide) groups is 1. The number of hydrogen-bond acceptors (Lipinski definition) is 3. The second-order valence-corrected chi connectivity index (χ2v) is 6.42. The highest BCUT2D eigenvalue weighted by atomic mass is 35.5. The van der Waals surface area contributed by atoms with Gasteiger partial charge in [0, 0.05) is 22.1 Å². The van der Waals surface area contributed by atoms with Gasteiger partial charge in [-0.25, -0.2) is 4.39 Å². The molecule has 1 heterocycles. The van der Waals surface area contributed by atoms with Crippen LogP contribution < -0.4 is 4.74 Å². The highest BCUT2D eigenvalue weighted by Gasteiger charge is 2.27. The lowest BCUT2D eigenvalue weighted by atomic mass is 10.0. The standard InChI is InChI=1S/C16H14ClFO2S/c17-11-6-5-10(12(18)8-11)7-13(19)15-9-21-16-4-2-1-3-14(16)20-15/h1-6,8,13,15,19H,7,9H2. The first-order valence-corrected chi connectivity index (χ1v) is 8.00. The van der Waals surface area contributed by atoms with Crippen LogP contribution in [0.1, 0.15) is 5.56 Å². The molecule has 0 aliphatic carbocycles. The van der Waals surface area contributed by atoms with Gasteiger partial charge >= 0.3 is 0 Å². The minimum atomic E-state index is -0.762. The lowest BCUT2D eigenvalue weighted by Crippen LogP contribution is -2.37. The number of aliphatic hydroxyl groups is 1. The van der Waals surface area contributed by atoms with Gasteiger partial charge in [0.25, 0.3) is 0 Å². The quantitative estimate of drug-likeness (QED) is 0.927. The fourth-order valence-corrected chi connectivity index (χ4v) is 3.50. The van der Waals surface area contributed by atoms with E-state index < -0.39 is 11.9 Å². The molecule has 21 heavy (non-hydrogen) atoms. The smallest absolute Gasteiger partial charge is 0.134 e. The van der Waals surface area contributed by atoms with Crippen LogP contribution in [0.15, 0.2) is 47.4 Å². The summed E-state index contributed by atoms with van der Waals surface area (Å²) in [6.45, 7) is 0. The molecule has 2 aromatic rings. The van der Waals surface area contributed by atoms with Crippen molar-refractivity contribution in [1.82, 2.24) is 0 Å². The average molecular weight is 325 g/mol. The number of halogens is 2. The van der Waals surface area contributed by atoms with Crippen molar-refractivity contribution >= 4 is 23.4 Å². The van der Waals surface area contributed by atoms with E-state index in [1.54, 1.807) is 23.9 Å². The molecule has 0 radical (unpaired) electrons. The minimum absolute atomic E-state index is 0.205. The third-order valence-electron chi connectivity index (χ3n) is 3.40. The summed E-state index contributed by atoms with van der Waals surface area (Å²) < 4.78 is 19.6. The van der Waals surface area contributed by atoms with E-state index >= 15 is 0 Å². The van der Waals surface area contributed by atoms with Crippen molar-refractivity contribution in [2.45, 2.75) is 23.5 Å². The third-order valence-corrected chi connectivity index (χ3v) is 4.78. The van der Waals surface area contributed by atoms with Gasteiger partial charge in [-0.15, -0.1) is 11.8 Å². The molecule has 0 spiro atoms. The van der Waals surface area contributed by atoms with Gasteiger partial charge in [-0.05, 0) is 29.8 Å². The molecule has 0 bridgehead atoms. The zero-order valence-electron chi connectivity index (χ0n) is 11.1. The Morgan fingerprint density at radius 2 is 2.14 bits per heavy atom. The van der Waals surface area contributed by atoms with E-state index in [-0.39, 0.29) is 12.5 Å². The van der Waals surface area contributed by atoms with E-state index in [0.717, 1.165) is 10.6 Å². The van der Waals surface area contributed by atoms with Gasteiger partial charge in [0.05, 0.1) is 6.10 Å². The first kappa shape index (κ1) is 14.7. The molecule has 2 nitrogen and oxygen atoms in total. The first-order valence-electron chi connectivity index (χ1n) is 6.64. The van der Waals surface area contributed by atoms with Crippen LogP contribution in [0.2, 0.25) is 5.02 Å². The highest BCUT2D eigenvalue weighted by Crippen LogP contribution is 2.36. The summed E-state index contributed by atoms with van der Waals surface area (Å²) in [6, 6.07) is 12.2. The Labute approximate surface area is 131 Å². The van der Waals surface area contributed by atoms with Crippen LogP contribution in [0, 0.1) is 5.82 Å².